The largest absolute Gasteiger partial charge is 0.493 e. The molecule has 2 saturated carbocycles. The molecule has 0 aromatic carbocycles. The van der Waals surface area contributed by atoms with E-state index in [0.717, 1.165) is 0 Å². The number of methoxy groups -OCH3 is 1. The van der Waals surface area contributed by atoms with Crippen LogP contribution in [0.3, 0.4) is 0 Å². The Morgan fingerprint density at radius 3 is 2.47 bits per heavy atom. The second-order valence-corrected chi connectivity index (χ2v) is 11.8. The van der Waals surface area contributed by atoms with Gasteiger partial charge in [-0.25, -0.2) is 0 Å². The van der Waals surface area contributed by atoms with Crippen molar-refractivity contribution >= 4 is 23.5 Å². The first-order chi connectivity index (χ1) is 15.9. The van der Waals surface area contributed by atoms with Gasteiger partial charge in [-0.05, 0) is 36.7 Å². The van der Waals surface area contributed by atoms with Gasteiger partial charge in [-0.1, -0.05) is 27.7 Å². The Hall–Kier alpha value is -2.22. The zero-order valence-corrected chi connectivity index (χ0v) is 20.5. The van der Waals surface area contributed by atoms with Gasteiger partial charge < -0.3 is 19.3 Å². The van der Waals surface area contributed by atoms with Crippen LogP contribution in [0.15, 0.2) is 11.8 Å². The molecule has 2 saturated heterocycles. The summed E-state index contributed by atoms with van der Waals surface area (Å²) in [5.41, 5.74) is -2.77. The minimum atomic E-state index is -1.05. The highest BCUT2D eigenvalue weighted by Crippen LogP contribution is 2.70. The number of ketones is 2. The first-order valence-electron chi connectivity index (χ1n) is 12.3. The van der Waals surface area contributed by atoms with Crippen LogP contribution in [-0.4, -0.2) is 54.5 Å². The molecule has 1 N–H and O–H groups in total. The Kier molecular flexibility index (Phi) is 5.11. The third-order valence-corrected chi connectivity index (χ3v) is 10.2. The van der Waals surface area contributed by atoms with Gasteiger partial charge in [-0.15, -0.1) is 0 Å². The van der Waals surface area contributed by atoms with Crippen molar-refractivity contribution in [2.45, 2.75) is 65.6 Å². The molecule has 8 nitrogen and oxygen atoms in total. The second kappa shape index (κ2) is 7.39. The smallest absolute Gasteiger partial charge is 0.306 e. The van der Waals surface area contributed by atoms with Gasteiger partial charge in [-0.2, -0.15) is 0 Å². The number of cyclic esters (lactones) is 1. The van der Waals surface area contributed by atoms with Crippen molar-refractivity contribution in [3.05, 3.63) is 11.8 Å². The fraction of sp³-hybridized carbons (Fsp3) is 0.769. The monoisotopic (exact) mass is 474 g/mol. The van der Waals surface area contributed by atoms with Gasteiger partial charge in [0.05, 0.1) is 25.6 Å². The summed E-state index contributed by atoms with van der Waals surface area (Å²) in [4.78, 5) is 52.2. The van der Waals surface area contributed by atoms with Gasteiger partial charge in [0.2, 0.25) is 5.78 Å². The first-order valence-corrected chi connectivity index (χ1v) is 12.3. The van der Waals surface area contributed by atoms with Crippen LogP contribution in [0.5, 0.6) is 0 Å². The van der Waals surface area contributed by atoms with Crippen molar-refractivity contribution in [3.63, 3.8) is 0 Å². The summed E-state index contributed by atoms with van der Waals surface area (Å²) in [5.74, 6) is -2.43. The fourth-order valence-corrected chi connectivity index (χ4v) is 8.78. The number of ether oxygens (including phenoxy) is 3. The average Bonchev–Trinajstić information content (AvgIpc) is 3.20. The molecule has 0 radical (unpaired) electrons. The van der Waals surface area contributed by atoms with Crippen LogP contribution in [0.1, 0.15) is 53.4 Å². The molecule has 1 unspecified atom stereocenters. The molecule has 4 fully saturated rings. The van der Waals surface area contributed by atoms with Crippen LogP contribution in [0.2, 0.25) is 0 Å². The van der Waals surface area contributed by atoms with Gasteiger partial charge in [-0.3, -0.25) is 19.2 Å². The maximum atomic E-state index is 13.8. The van der Waals surface area contributed by atoms with E-state index in [9.17, 15) is 24.3 Å². The maximum Gasteiger partial charge on any atom is 0.306 e. The highest BCUT2D eigenvalue weighted by molar-refractivity contribution is 6.00. The molecule has 3 aliphatic carbocycles. The van der Waals surface area contributed by atoms with Crippen molar-refractivity contribution in [1.82, 2.24) is 0 Å². The number of hydrogen-bond acceptors (Lipinski definition) is 8. The Morgan fingerprint density at radius 2 is 1.85 bits per heavy atom. The number of allylic oxidation sites excluding steroid dienone is 2. The van der Waals surface area contributed by atoms with E-state index in [1.54, 1.807) is 0 Å². The summed E-state index contributed by atoms with van der Waals surface area (Å²) in [6.07, 6.45) is 1.01. The molecule has 0 spiro atoms. The Balaban J connectivity index is 1.64. The van der Waals surface area contributed by atoms with E-state index in [-0.39, 0.29) is 55.2 Å². The van der Waals surface area contributed by atoms with Crippen molar-refractivity contribution in [2.24, 2.45) is 45.8 Å². The first kappa shape index (κ1) is 23.5. The van der Waals surface area contributed by atoms with Gasteiger partial charge in [0.15, 0.2) is 5.76 Å². The molecule has 34 heavy (non-hydrogen) atoms. The molecule has 10 atom stereocenters. The number of carbonyl (C=O) groups excluding carboxylic acids is 4. The van der Waals surface area contributed by atoms with Crippen molar-refractivity contribution in [2.75, 3.05) is 13.7 Å². The van der Waals surface area contributed by atoms with Crippen LogP contribution in [-0.2, 0) is 33.4 Å². The number of Topliss-reactive ketones (excluding diaryl/α,β-unsaturated/α-hetero) is 2. The number of fused-ring (bicyclic) bond motifs is 2. The SMILES string of the molecule is COC1=C[C@@H](C)[C@@H]2C[C@H]3OC(=O)C[C@@H]4[C@@]3(C)[C@H]([C@H](O)C[C@@]4(C)C(=O)C3COC(=O)C3)[C@@]2(C)C1=O. The lowest BCUT2D eigenvalue weighted by atomic mass is 9.36. The average molecular weight is 475 g/mol. The number of esters is 2. The van der Waals surface area contributed by atoms with E-state index >= 15 is 0 Å². The van der Waals surface area contributed by atoms with Crippen molar-refractivity contribution in [1.29, 1.82) is 0 Å². The van der Waals surface area contributed by atoms with Crippen LogP contribution >= 0.6 is 0 Å². The van der Waals surface area contributed by atoms with E-state index in [1.807, 2.05) is 33.8 Å². The lowest BCUT2D eigenvalue weighted by molar-refractivity contribution is -0.268. The predicted octanol–water partition coefficient (Wildman–Crippen LogP) is 2.22. The van der Waals surface area contributed by atoms with E-state index in [4.69, 9.17) is 14.2 Å². The number of aliphatic hydroxyl groups is 1. The van der Waals surface area contributed by atoms with Gasteiger partial charge in [0.25, 0.3) is 0 Å². The number of hydrogen-bond donors (Lipinski definition) is 1. The highest BCUT2D eigenvalue weighted by Gasteiger charge is 2.74. The Morgan fingerprint density at radius 1 is 1.15 bits per heavy atom. The Bertz CT molecular complexity index is 1000. The Labute approximate surface area is 199 Å². The molecule has 2 aliphatic heterocycles. The van der Waals surface area contributed by atoms with Gasteiger partial charge in [0, 0.05) is 28.6 Å². The summed E-state index contributed by atoms with van der Waals surface area (Å²) < 4.78 is 16.4. The van der Waals surface area contributed by atoms with E-state index in [2.05, 4.69) is 0 Å². The molecule has 5 rings (SSSR count). The van der Waals surface area contributed by atoms with Crippen LogP contribution < -0.4 is 0 Å². The molecule has 5 aliphatic rings. The van der Waals surface area contributed by atoms with E-state index in [1.165, 1.54) is 7.11 Å². The summed E-state index contributed by atoms with van der Waals surface area (Å²) >= 11 is 0. The highest BCUT2D eigenvalue weighted by atomic mass is 16.5. The third kappa shape index (κ3) is 2.80. The predicted molar refractivity (Wildman–Crippen MR) is 118 cm³/mol. The minimum Gasteiger partial charge on any atom is -0.493 e. The molecular weight excluding hydrogens is 440 g/mol. The third-order valence-electron chi connectivity index (χ3n) is 10.2. The van der Waals surface area contributed by atoms with E-state index in [0.29, 0.717) is 12.2 Å². The van der Waals surface area contributed by atoms with Crippen LogP contribution in [0.25, 0.3) is 0 Å². The van der Waals surface area contributed by atoms with Crippen molar-refractivity contribution in [3.8, 4) is 0 Å². The molecule has 8 heteroatoms. The summed E-state index contributed by atoms with van der Waals surface area (Å²) in [7, 11) is 1.48. The fourth-order valence-electron chi connectivity index (χ4n) is 8.78. The summed E-state index contributed by atoms with van der Waals surface area (Å²) in [5, 5.41) is 11.7. The zero-order valence-electron chi connectivity index (χ0n) is 20.5. The maximum absolute atomic E-state index is 13.8. The molecule has 186 valence electrons. The lowest BCUT2D eigenvalue weighted by Crippen LogP contribution is -2.73. The van der Waals surface area contributed by atoms with Gasteiger partial charge in [0.1, 0.15) is 18.5 Å². The quantitative estimate of drug-likeness (QED) is 0.619. The molecule has 0 aromatic rings. The zero-order chi connectivity index (χ0) is 24.8. The topological polar surface area (TPSA) is 116 Å². The standard InChI is InChI=1S/C26H34O8/c1-12-6-16(32-5)23(31)25(3)14(12)8-18-26(4)17(9-20(29)34-18)24(2,10-15(27)21(25)26)22(30)13-7-19(28)33-11-13/h6,12-15,17-18,21,27H,7-11H2,1-5H3/t12-,13?,14+,15-,17+,18-,21-,24-,25+,26-/m1/s1. The normalized spacial score (nSPS) is 49.9. The molecule has 0 aromatic heterocycles. The molecular formula is C26H34O8. The summed E-state index contributed by atoms with van der Waals surface area (Å²) in [6, 6.07) is 0. The van der Waals surface area contributed by atoms with Gasteiger partial charge >= 0.3 is 11.9 Å². The molecule has 0 bridgehead atoms. The van der Waals surface area contributed by atoms with Crippen LogP contribution in [0, 0.1) is 45.8 Å². The second-order valence-electron chi connectivity index (χ2n) is 11.8. The van der Waals surface area contributed by atoms with Crippen LogP contribution in [0.4, 0.5) is 0 Å². The number of rotatable bonds is 3. The molecule has 0 amide bonds. The summed E-state index contributed by atoms with van der Waals surface area (Å²) in [6.45, 7) is 7.76. The number of aliphatic hydroxyl groups excluding tert-OH is 1. The van der Waals surface area contributed by atoms with Crippen molar-refractivity contribution < 1.29 is 38.5 Å². The lowest BCUT2D eigenvalue weighted by Gasteiger charge is -2.69. The van der Waals surface area contributed by atoms with E-state index < -0.39 is 52.2 Å². The molecule has 2 heterocycles. The minimum absolute atomic E-state index is 0.00919. The number of carbonyl (C=O) groups is 4.